The highest BCUT2D eigenvalue weighted by molar-refractivity contribution is 5.76. The van der Waals surface area contributed by atoms with Gasteiger partial charge in [-0.15, -0.1) is 0 Å². The third kappa shape index (κ3) is 4.60. The van der Waals surface area contributed by atoms with E-state index < -0.39 is 0 Å². The predicted octanol–water partition coefficient (Wildman–Crippen LogP) is 2.78. The zero-order valence-corrected chi connectivity index (χ0v) is 12.0. The highest BCUT2D eigenvalue weighted by Crippen LogP contribution is 2.17. The maximum absolute atomic E-state index is 12.8. The van der Waals surface area contributed by atoms with Crippen LogP contribution in [0.3, 0.4) is 0 Å². The first kappa shape index (κ1) is 15.0. The van der Waals surface area contributed by atoms with Crippen LogP contribution in [-0.2, 0) is 4.79 Å². The summed E-state index contributed by atoms with van der Waals surface area (Å²) < 4.78 is 12.8. The normalized spacial score (nSPS) is 20.4. The lowest BCUT2D eigenvalue weighted by Crippen LogP contribution is -2.31. The molecular weight excluding hydrogens is 255 g/mol. The first-order valence-corrected chi connectivity index (χ1v) is 7.40. The number of rotatable bonds is 5. The third-order valence-corrected chi connectivity index (χ3v) is 3.93. The fraction of sp³-hybridized carbons (Fsp3) is 0.562. The predicted molar refractivity (Wildman–Crippen MR) is 77.8 cm³/mol. The molecule has 1 amide bonds. The number of halogens is 1. The first-order valence-electron chi connectivity index (χ1n) is 7.40. The monoisotopic (exact) mass is 278 g/mol. The van der Waals surface area contributed by atoms with Crippen LogP contribution in [0.1, 0.15) is 44.2 Å². The SMILES string of the molecule is C[C@@H](NC(=O)CCC1CCCNC1)c1ccc(F)cc1. The molecule has 1 fully saturated rings. The Balaban J connectivity index is 1.74. The molecule has 1 unspecified atom stereocenters. The molecule has 20 heavy (non-hydrogen) atoms. The van der Waals surface area contributed by atoms with Crippen molar-refractivity contribution in [2.24, 2.45) is 5.92 Å². The molecule has 0 spiro atoms. The van der Waals surface area contributed by atoms with E-state index in [0.29, 0.717) is 12.3 Å². The molecule has 1 aromatic carbocycles. The van der Waals surface area contributed by atoms with Crippen LogP contribution in [0.5, 0.6) is 0 Å². The average Bonchev–Trinajstić information content (AvgIpc) is 2.47. The Kier molecular flexibility index (Phi) is 5.53. The number of carbonyl (C=O) groups is 1. The largest absolute Gasteiger partial charge is 0.350 e. The summed E-state index contributed by atoms with van der Waals surface area (Å²) in [7, 11) is 0. The smallest absolute Gasteiger partial charge is 0.220 e. The topological polar surface area (TPSA) is 41.1 Å². The molecular formula is C16H23FN2O. The number of benzene rings is 1. The zero-order valence-electron chi connectivity index (χ0n) is 12.0. The van der Waals surface area contributed by atoms with E-state index in [0.717, 1.165) is 25.1 Å². The summed E-state index contributed by atoms with van der Waals surface area (Å²) in [5.41, 5.74) is 0.930. The van der Waals surface area contributed by atoms with Gasteiger partial charge in [0.1, 0.15) is 5.82 Å². The summed E-state index contributed by atoms with van der Waals surface area (Å²) in [6.07, 6.45) is 3.93. The minimum Gasteiger partial charge on any atom is -0.350 e. The molecule has 0 aromatic heterocycles. The molecule has 1 aliphatic heterocycles. The number of piperidine rings is 1. The van der Waals surface area contributed by atoms with Gasteiger partial charge in [0.15, 0.2) is 0 Å². The van der Waals surface area contributed by atoms with Crippen LogP contribution in [0, 0.1) is 11.7 Å². The molecule has 0 radical (unpaired) electrons. The second kappa shape index (κ2) is 7.39. The van der Waals surface area contributed by atoms with Gasteiger partial charge in [-0.25, -0.2) is 4.39 Å². The van der Waals surface area contributed by atoms with E-state index in [-0.39, 0.29) is 17.8 Å². The van der Waals surface area contributed by atoms with Gasteiger partial charge in [-0.1, -0.05) is 12.1 Å². The molecule has 1 aromatic rings. The van der Waals surface area contributed by atoms with Crippen LogP contribution < -0.4 is 10.6 Å². The van der Waals surface area contributed by atoms with E-state index in [2.05, 4.69) is 10.6 Å². The quantitative estimate of drug-likeness (QED) is 0.869. The molecule has 0 saturated carbocycles. The molecule has 4 heteroatoms. The Hall–Kier alpha value is -1.42. The fourth-order valence-electron chi connectivity index (χ4n) is 2.65. The third-order valence-electron chi connectivity index (χ3n) is 3.93. The van der Waals surface area contributed by atoms with Gasteiger partial charge < -0.3 is 10.6 Å². The van der Waals surface area contributed by atoms with Crippen LogP contribution in [0.25, 0.3) is 0 Å². The van der Waals surface area contributed by atoms with Gasteiger partial charge in [-0.3, -0.25) is 4.79 Å². The van der Waals surface area contributed by atoms with Crippen LogP contribution in [0.15, 0.2) is 24.3 Å². The highest BCUT2D eigenvalue weighted by atomic mass is 19.1. The van der Waals surface area contributed by atoms with Crippen LogP contribution in [0.2, 0.25) is 0 Å². The van der Waals surface area contributed by atoms with E-state index in [1.807, 2.05) is 6.92 Å². The molecule has 1 heterocycles. The standard InChI is InChI=1S/C16H23FN2O/c1-12(14-5-7-15(17)8-6-14)19-16(20)9-4-13-3-2-10-18-11-13/h5-8,12-13,18H,2-4,9-11H2,1H3,(H,19,20)/t12-,13?/m1/s1. The Morgan fingerprint density at radius 2 is 2.20 bits per heavy atom. The summed E-state index contributed by atoms with van der Waals surface area (Å²) in [5.74, 6) is 0.445. The van der Waals surface area contributed by atoms with Gasteiger partial charge in [-0.05, 0) is 62.9 Å². The lowest BCUT2D eigenvalue weighted by atomic mass is 9.94. The Labute approximate surface area is 120 Å². The Morgan fingerprint density at radius 1 is 1.45 bits per heavy atom. The maximum Gasteiger partial charge on any atom is 0.220 e. The molecule has 2 rings (SSSR count). The number of carbonyl (C=O) groups excluding carboxylic acids is 1. The van der Waals surface area contributed by atoms with Crippen molar-refractivity contribution < 1.29 is 9.18 Å². The number of amides is 1. The zero-order chi connectivity index (χ0) is 14.4. The summed E-state index contributed by atoms with van der Waals surface area (Å²) in [4.78, 5) is 11.9. The van der Waals surface area contributed by atoms with Crippen LogP contribution >= 0.6 is 0 Å². The Bertz CT molecular complexity index is 427. The minimum atomic E-state index is -0.253. The van der Waals surface area contributed by atoms with Gasteiger partial charge in [0, 0.05) is 6.42 Å². The fourth-order valence-corrected chi connectivity index (χ4v) is 2.65. The average molecular weight is 278 g/mol. The lowest BCUT2D eigenvalue weighted by Gasteiger charge is -2.22. The molecule has 1 aliphatic rings. The molecule has 1 saturated heterocycles. The lowest BCUT2D eigenvalue weighted by molar-refractivity contribution is -0.122. The highest BCUT2D eigenvalue weighted by Gasteiger charge is 2.15. The number of hydrogen-bond acceptors (Lipinski definition) is 2. The van der Waals surface area contributed by atoms with Crippen molar-refractivity contribution in [3.8, 4) is 0 Å². The van der Waals surface area contributed by atoms with Crippen molar-refractivity contribution in [2.45, 2.75) is 38.6 Å². The van der Waals surface area contributed by atoms with Crippen LogP contribution in [-0.4, -0.2) is 19.0 Å². The first-order chi connectivity index (χ1) is 9.65. The number of hydrogen-bond donors (Lipinski definition) is 2. The van der Waals surface area contributed by atoms with E-state index in [1.54, 1.807) is 12.1 Å². The van der Waals surface area contributed by atoms with Gasteiger partial charge in [0.05, 0.1) is 6.04 Å². The van der Waals surface area contributed by atoms with E-state index >= 15 is 0 Å². The summed E-state index contributed by atoms with van der Waals surface area (Å²) in [5, 5.41) is 6.34. The molecule has 2 atom stereocenters. The van der Waals surface area contributed by atoms with Crippen molar-refractivity contribution in [1.29, 1.82) is 0 Å². The van der Waals surface area contributed by atoms with Crippen molar-refractivity contribution in [3.63, 3.8) is 0 Å². The van der Waals surface area contributed by atoms with Crippen molar-refractivity contribution in [3.05, 3.63) is 35.6 Å². The summed E-state index contributed by atoms with van der Waals surface area (Å²) >= 11 is 0. The second-order valence-electron chi connectivity index (χ2n) is 5.59. The Morgan fingerprint density at radius 3 is 2.85 bits per heavy atom. The maximum atomic E-state index is 12.8. The van der Waals surface area contributed by atoms with E-state index in [4.69, 9.17) is 0 Å². The van der Waals surface area contributed by atoms with Crippen LogP contribution in [0.4, 0.5) is 4.39 Å². The molecule has 3 nitrogen and oxygen atoms in total. The second-order valence-corrected chi connectivity index (χ2v) is 5.59. The van der Waals surface area contributed by atoms with Gasteiger partial charge in [0.2, 0.25) is 5.91 Å². The van der Waals surface area contributed by atoms with E-state index in [9.17, 15) is 9.18 Å². The van der Waals surface area contributed by atoms with Crippen molar-refractivity contribution >= 4 is 5.91 Å². The van der Waals surface area contributed by atoms with Gasteiger partial charge in [-0.2, -0.15) is 0 Å². The molecule has 0 aliphatic carbocycles. The summed E-state index contributed by atoms with van der Waals surface area (Å²) in [6.45, 7) is 4.05. The van der Waals surface area contributed by atoms with Gasteiger partial charge >= 0.3 is 0 Å². The van der Waals surface area contributed by atoms with Crippen molar-refractivity contribution in [2.75, 3.05) is 13.1 Å². The molecule has 0 bridgehead atoms. The van der Waals surface area contributed by atoms with Crippen molar-refractivity contribution in [1.82, 2.24) is 10.6 Å². The minimum absolute atomic E-state index is 0.0763. The van der Waals surface area contributed by atoms with E-state index in [1.165, 1.54) is 25.0 Å². The van der Waals surface area contributed by atoms with Gasteiger partial charge in [0.25, 0.3) is 0 Å². The summed E-state index contributed by atoms with van der Waals surface area (Å²) in [6, 6.07) is 6.20. The molecule has 2 N–H and O–H groups in total. The molecule has 110 valence electrons. The number of nitrogens with one attached hydrogen (secondary N) is 2.